The molecule has 3 unspecified atom stereocenters. The fourth-order valence-electron chi connectivity index (χ4n) is 3.22. The van der Waals surface area contributed by atoms with Crippen molar-refractivity contribution < 1.29 is 9.50 Å². The van der Waals surface area contributed by atoms with E-state index in [1.165, 1.54) is 31.4 Å². The Kier molecular flexibility index (Phi) is 4.94. The van der Waals surface area contributed by atoms with Crippen LogP contribution in [-0.4, -0.2) is 17.7 Å². The van der Waals surface area contributed by atoms with Crippen LogP contribution in [0.5, 0.6) is 0 Å². The summed E-state index contributed by atoms with van der Waals surface area (Å²) in [7, 11) is 0. The Hall–Kier alpha value is -0.930. The maximum absolute atomic E-state index is 13.1. The summed E-state index contributed by atoms with van der Waals surface area (Å²) < 4.78 is 13.1. The van der Waals surface area contributed by atoms with Crippen molar-refractivity contribution in [2.45, 2.75) is 45.3 Å². The number of hydrogen-bond donors (Lipinski definition) is 2. The largest absolute Gasteiger partial charge is 0.387 e. The third-order valence-corrected chi connectivity index (χ3v) is 4.01. The minimum absolute atomic E-state index is 0.295. The van der Waals surface area contributed by atoms with Gasteiger partial charge < -0.3 is 10.4 Å². The molecule has 3 atom stereocenters. The highest BCUT2D eigenvalue weighted by atomic mass is 19.1. The van der Waals surface area contributed by atoms with Gasteiger partial charge in [-0.25, -0.2) is 4.39 Å². The van der Waals surface area contributed by atoms with Crippen molar-refractivity contribution in [1.82, 2.24) is 5.32 Å². The molecule has 0 aliphatic heterocycles. The average Bonchev–Trinajstić information content (AvgIpc) is 2.35. The van der Waals surface area contributed by atoms with Gasteiger partial charge in [-0.2, -0.15) is 0 Å². The van der Waals surface area contributed by atoms with Crippen LogP contribution in [-0.2, 0) is 0 Å². The monoisotopic (exact) mass is 265 g/mol. The summed E-state index contributed by atoms with van der Waals surface area (Å²) in [6.07, 6.45) is 2.99. The molecule has 2 nitrogen and oxygen atoms in total. The number of aliphatic hydroxyl groups is 1. The van der Waals surface area contributed by atoms with Gasteiger partial charge in [0.15, 0.2) is 0 Å². The molecule has 0 aromatic heterocycles. The molecule has 1 fully saturated rings. The van der Waals surface area contributed by atoms with Crippen molar-refractivity contribution in [3.63, 3.8) is 0 Å². The molecule has 0 saturated heterocycles. The molecule has 0 bridgehead atoms. The molecule has 0 heterocycles. The highest BCUT2D eigenvalue weighted by molar-refractivity contribution is 5.19. The van der Waals surface area contributed by atoms with Crippen LogP contribution in [0.1, 0.15) is 44.8 Å². The highest BCUT2D eigenvalue weighted by Crippen LogP contribution is 2.28. The Morgan fingerprint density at radius 1 is 1.26 bits per heavy atom. The maximum Gasteiger partial charge on any atom is 0.123 e. The molecule has 106 valence electrons. The van der Waals surface area contributed by atoms with Gasteiger partial charge in [-0.1, -0.05) is 26.0 Å². The molecule has 3 heteroatoms. The average molecular weight is 265 g/mol. The Labute approximate surface area is 115 Å². The van der Waals surface area contributed by atoms with E-state index in [1.807, 2.05) is 0 Å². The van der Waals surface area contributed by atoms with Crippen molar-refractivity contribution in [3.05, 3.63) is 35.6 Å². The molecule has 1 aromatic carbocycles. The number of rotatable bonds is 4. The predicted octanol–water partition coefficient (Wildman–Crippen LogP) is 3.27. The van der Waals surface area contributed by atoms with E-state index in [1.54, 1.807) is 12.1 Å². The van der Waals surface area contributed by atoms with Gasteiger partial charge in [0.1, 0.15) is 5.82 Å². The maximum atomic E-state index is 13.1. The summed E-state index contributed by atoms with van der Waals surface area (Å²) in [5.41, 5.74) is 0.643. The normalized spacial score (nSPS) is 29.2. The van der Waals surface area contributed by atoms with E-state index < -0.39 is 6.10 Å². The van der Waals surface area contributed by atoms with Gasteiger partial charge in [0.2, 0.25) is 0 Å². The van der Waals surface area contributed by atoms with Crippen molar-refractivity contribution in [3.8, 4) is 0 Å². The molecular formula is C16H24FNO. The summed E-state index contributed by atoms with van der Waals surface area (Å²) in [5.74, 6) is 1.19. The topological polar surface area (TPSA) is 32.3 Å². The zero-order valence-electron chi connectivity index (χ0n) is 11.8. The minimum atomic E-state index is -0.636. The second-order valence-electron chi connectivity index (χ2n) is 6.09. The summed E-state index contributed by atoms with van der Waals surface area (Å²) in [6, 6.07) is 6.68. The lowest BCUT2D eigenvalue weighted by Crippen LogP contribution is -2.38. The Balaban J connectivity index is 1.84. The highest BCUT2D eigenvalue weighted by Gasteiger charge is 2.24. The fourth-order valence-corrected chi connectivity index (χ4v) is 3.22. The van der Waals surface area contributed by atoms with Crippen LogP contribution < -0.4 is 5.32 Å². The first-order valence-corrected chi connectivity index (χ1v) is 7.21. The number of nitrogens with one attached hydrogen (secondary N) is 1. The van der Waals surface area contributed by atoms with E-state index in [4.69, 9.17) is 0 Å². The van der Waals surface area contributed by atoms with E-state index >= 15 is 0 Å². The fraction of sp³-hybridized carbons (Fsp3) is 0.625. The smallest absolute Gasteiger partial charge is 0.123 e. The molecule has 1 aliphatic carbocycles. The zero-order valence-corrected chi connectivity index (χ0v) is 11.8. The van der Waals surface area contributed by atoms with Crippen LogP contribution in [0.4, 0.5) is 4.39 Å². The second kappa shape index (κ2) is 6.49. The van der Waals surface area contributed by atoms with Crippen LogP contribution in [0.2, 0.25) is 0 Å². The molecule has 0 amide bonds. The van der Waals surface area contributed by atoms with E-state index in [-0.39, 0.29) is 5.82 Å². The first-order chi connectivity index (χ1) is 9.04. The minimum Gasteiger partial charge on any atom is -0.387 e. The van der Waals surface area contributed by atoms with Crippen LogP contribution in [0.3, 0.4) is 0 Å². The van der Waals surface area contributed by atoms with Gasteiger partial charge in [-0.05, 0) is 48.8 Å². The summed E-state index contributed by atoms with van der Waals surface area (Å²) in [4.78, 5) is 0. The standard InChI is InChI=1S/C16H24FNO/c1-11-6-12(2)8-15(7-11)18-10-16(19)13-4-3-5-14(17)9-13/h3-5,9,11-12,15-16,18-19H,6-8,10H2,1-2H3. The number of halogens is 1. The van der Waals surface area contributed by atoms with Crippen molar-refractivity contribution in [2.75, 3.05) is 6.54 Å². The molecule has 19 heavy (non-hydrogen) atoms. The number of benzene rings is 1. The van der Waals surface area contributed by atoms with Crippen LogP contribution >= 0.6 is 0 Å². The van der Waals surface area contributed by atoms with E-state index in [2.05, 4.69) is 19.2 Å². The van der Waals surface area contributed by atoms with Gasteiger partial charge in [0.25, 0.3) is 0 Å². The summed E-state index contributed by atoms with van der Waals surface area (Å²) in [6.45, 7) is 5.06. The Bertz CT molecular complexity index is 399. The zero-order chi connectivity index (χ0) is 13.8. The quantitative estimate of drug-likeness (QED) is 0.875. The first kappa shape index (κ1) is 14.5. The molecule has 0 spiro atoms. The van der Waals surface area contributed by atoms with E-state index in [9.17, 15) is 9.50 Å². The number of aliphatic hydroxyl groups excluding tert-OH is 1. The molecule has 1 aromatic rings. The molecule has 0 radical (unpaired) electrons. The van der Waals surface area contributed by atoms with Gasteiger partial charge in [0.05, 0.1) is 6.10 Å². The first-order valence-electron chi connectivity index (χ1n) is 7.21. The van der Waals surface area contributed by atoms with Gasteiger partial charge in [0, 0.05) is 12.6 Å². The van der Waals surface area contributed by atoms with E-state index in [0.717, 1.165) is 11.8 Å². The van der Waals surface area contributed by atoms with Crippen LogP contribution in [0.25, 0.3) is 0 Å². The van der Waals surface area contributed by atoms with Crippen LogP contribution in [0, 0.1) is 17.7 Å². The van der Waals surface area contributed by atoms with E-state index in [0.29, 0.717) is 18.2 Å². The van der Waals surface area contributed by atoms with Gasteiger partial charge in [-0.3, -0.25) is 0 Å². The third-order valence-electron chi connectivity index (χ3n) is 4.01. The SMILES string of the molecule is CC1CC(C)CC(NCC(O)c2cccc(F)c2)C1. The lowest BCUT2D eigenvalue weighted by molar-refractivity contribution is 0.155. The van der Waals surface area contributed by atoms with Gasteiger partial charge >= 0.3 is 0 Å². The van der Waals surface area contributed by atoms with Crippen LogP contribution in [0.15, 0.2) is 24.3 Å². The van der Waals surface area contributed by atoms with Crippen molar-refractivity contribution >= 4 is 0 Å². The molecular weight excluding hydrogens is 241 g/mol. The van der Waals surface area contributed by atoms with Crippen molar-refractivity contribution in [1.29, 1.82) is 0 Å². The number of hydrogen-bond acceptors (Lipinski definition) is 2. The Morgan fingerprint density at radius 2 is 1.95 bits per heavy atom. The molecule has 1 aliphatic rings. The molecule has 1 saturated carbocycles. The molecule has 2 N–H and O–H groups in total. The Morgan fingerprint density at radius 3 is 2.58 bits per heavy atom. The summed E-state index contributed by atoms with van der Waals surface area (Å²) >= 11 is 0. The summed E-state index contributed by atoms with van der Waals surface area (Å²) in [5, 5.41) is 13.5. The van der Waals surface area contributed by atoms with Gasteiger partial charge in [-0.15, -0.1) is 0 Å². The third kappa shape index (κ3) is 4.29. The molecule has 2 rings (SSSR count). The second-order valence-corrected chi connectivity index (χ2v) is 6.09. The van der Waals surface area contributed by atoms with Crippen molar-refractivity contribution in [2.24, 2.45) is 11.8 Å². The predicted molar refractivity (Wildman–Crippen MR) is 75.3 cm³/mol. The lowest BCUT2D eigenvalue weighted by Gasteiger charge is -2.32. The lowest BCUT2D eigenvalue weighted by atomic mass is 9.80.